The molecule has 3 aliphatic heterocycles. The second kappa shape index (κ2) is 39.4. The molecule has 4 aromatic carbocycles. The van der Waals surface area contributed by atoms with Crippen LogP contribution < -0.4 is 18.9 Å². The van der Waals surface area contributed by atoms with Gasteiger partial charge in [-0.1, -0.05) is 132 Å². The zero-order valence-corrected chi connectivity index (χ0v) is 51.9. The molecule has 1 aliphatic carbocycles. The lowest BCUT2D eigenvalue weighted by Gasteiger charge is -2.28. The number of ether oxygens (including phenoxy) is 5. The van der Waals surface area contributed by atoms with Crippen LogP contribution in [0.1, 0.15) is 186 Å². The lowest BCUT2D eigenvalue weighted by Crippen LogP contribution is -2.42. The number of rotatable bonds is 24. The van der Waals surface area contributed by atoms with Gasteiger partial charge in [-0.15, -0.1) is 0 Å². The summed E-state index contributed by atoms with van der Waals surface area (Å²) in [5.41, 5.74) is 3.80. The third kappa shape index (κ3) is 27.6. The Hall–Kier alpha value is -4.52. The number of morpholine rings is 1. The molecule has 0 spiro atoms. The summed E-state index contributed by atoms with van der Waals surface area (Å²) in [5, 5.41) is 40.0. The molecule has 8 rings (SSSR count). The Balaban J connectivity index is 0.000000242. The highest BCUT2D eigenvalue weighted by Crippen LogP contribution is 2.30. The molecule has 0 bridgehead atoms. The fourth-order valence-electron chi connectivity index (χ4n) is 10.7. The molecule has 1 saturated carbocycles. The average molecular weight is 1200 g/mol. The zero-order valence-electron chi connectivity index (χ0n) is 51.9. The molecule has 0 amide bonds. The number of hydrogen-bond acceptors (Lipinski definition) is 12. The van der Waals surface area contributed by atoms with Crippen LogP contribution in [0.15, 0.2) is 72.8 Å². The van der Waals surface area contributed by atoms with E-state index in [0.29, 0.717) is 56.5 Å². The summed E-state index contributed by atoms with van der Waals surface area (Å²) in [6.45, 7) is 25.6. The quantitative estimate of drug-likeness (QED) is 0.0497. The summed E-state index contributed by atoms with van der Waals surface area (Å²) in [6.07, 6.45) is 12.1. The van der Waals surface area contributed by atoms with E-state index >= 15 is 0 Å². The van der Waals surface area contributed by atoms with E-state index in [4.69, 9.17) is 23.7 Å². The van der Waals surface area contributed by atoms with Crippen molar-refractivity contribution < 1.29 is 61.7 Å². The summed E-state index contributed by atoms with van der Waals surface area (Å²) in [6, 6.07) is 20.1. The maximum Gasteiger partial charge on any atom is 0.165 e. The van der Waals surface area contributed by atoms with Gasteiger partial charge in [0.1, 0.15) is 44.7 Å². The van der Waals surface area contributed by atoms with Crippen LogP contribution in [-0.2, 0) is 4.74 Å². The van der Waals surface area contributed by atoms with Crippen LogP contribution >= 0.6 is 0 Å². The second-order valence-electron chi connectivity index (χ2n) is 24.6. The third-order valence-electron chi connectivity index (χ3n) is 16.0. The molecular formula is C69H107F4N3O9. The first-order chi connectivity index (χ1) is 40.2. The first-order valence-electron chi connectivity index (χ1n) is 31.4. The highest BCUT2D eigenvalue weighted by atomic mass is 19.1. The van der Waals surface area contributed by atoms with Gasteiger partial charge in [-0.2, -0.15) is 0 Å². The summed E-state index contributed by atoms with van der Waals surface area (Å²) in [7, 11) is 0. The Morgan fingerprint density at radius 2 is 0.671 bits per heavy atom. The number of likely N-dealkylation sites (tertiary alicyclic amines) is 2. The molecular weight excluding hydrogens is 1090 g/mol. The SMILES string of the molecule is C.CC(C)c1ccc(OCC(O)CC2CCCCC2)c(F)c1.CC(C)c1ccc(OCC(O)CN2CCCCC2)c(F)c1.CC(C)c1ccc(OCC(O)CN2CCCCC2)c(F)c1.CC(C)c1ccc(OCC(O)CN2CCOCC2)c(F)c1. The largest absolute Gasteiger partial charge is 0.488 e. The van der Waals surface area contributed by atoms with Crippen molar-refractivity contribution in [1.29, 1.82) is 0 Å². The van der Waals surface area contributed by atoms with Gasteiger partial charge >= 0.3 is 0 Å². The Bertz CT molecular complexity index is 2110. The van der Waals surface area contributed by atoms with Gasteiger partial charge in [-0.25, -0.2) is 17.6 Å². The predicted molar refractivity (Wildman–Crippen MR) is 334 cm³/mol. The van der Waals surface area contributed by atoms with E-state index in [1.807, 2.05) is 79.7 Å². The van der Waals surface area contributed by atoms with Crippen LogP contribution in [-0.4, -0.2) is 158 Å². The molecule has 4 aromatic rings. The van der Waals surface area contributed by atoms with E-state index in [2.05, 4.69) is 14.7 Å². The van der Waals surface area contributed by atoms with Crippen molar-refractivity contribution in [3.8, 4) is 23.0 Å². The van der Waals surface area contributed by atoms with Crippen molar-refractivity contribution in [2.45, 2.75) is 188 Å². The van der Waals surface area contributed by atoms with E-state index in [-0.39, 0.29) is 86.0 Å². The Morgan fingerprint density at radius 3 is 0.953 bits per heavy atom. The highest BCUT2D eigenvalue weighted by Gasteiger charge is 2.22. The van der Waals surface area contributed by atoms with Gasteiger partial charge < -0.3 is 53.9 Å². The Kier molecular flexibility index (Phi) is 33.8. The van der Waals surface area contributed by atoms with Gasteiger partial charge in [0.25, 0.3) is 0 Å². The van der Waals surface area contributed by atoms with E-state index in [0.717, 1.165) is 67.9 Å². The standard InChI is InChI=1S/C18H27FO2.2C17H26FNO2.C16H24FNO3.CH4/c1-13(2)15-8-9-18(17(19)11-15)21-12-16(20)10-14-6-4-3-5-7-14;2*1-13(2)14-6-7-17(16(18)10-14)21-12-15(20)11-19-8-4-3-5-9-19;1-12(2)13-3-4-16(15(17)9-13)21-11-14(19)10-18-5-7-20-8-6-18;/h8-9,11,13-14,16,20H,3-7,10,12H2,1-2H3;2*6-7,10,13,15,20H,3-5,8-9,11-12H2,1-2H3;3-4,9,12,14,19H,5-8,10-11H2,1-2H3;1H4. The number of halogens is 4. The van der Waals surface area contributed by atoms with E-state index in [1.165, 1.54) is 94.9 Å². The summed E-state index contributed by atoms with van der Waals surface area (Å²) in [5.74, 6) is 1.20. The highest BCUT2D eigenvalue weighted by molar-refractivity contribution is 5.33. The van der Waals surface area contributed by atoms with Gasteiger partial charge in [-0.05, 0) is 159 Å². The summed E-state index contributed by atoms with van der Waals surface area (Å²) < 4.78 is 82.5. The Morgan fingerprint density at radius 1 is 0.400 bits per heavy atom. The van der Waals surface area contributed by atoms with Crippen LogP contribution in [0, 0.1) is 29.2 Å². The van der Waals surface area contributed by atoms with Crippen molar-refractivity contribution in [2.75, 3.05) is 98.5 Å². The van der Waals surface area contributed by atoms with E-state index in [1.54, 1.807) is 24.3 Å². The molecule has 0 aromatic heterocycles. The van der Waals surface area contributed by atoms with Crippen molar-refractivity contribution in [3.05, 3.63) is 118 Å². The molecule has 3 heterocycles. The number of hydrogen-bond donors (Lipinski definition) is 4. The molecule has 16 heteroatoms. The minimum Gasteiger partial charge on any atom is -0.488 e. The van der Waals surface area contributed by atoms with Crippen molar-refractivity contribution in [2.24, 2.45) is 5.92 Å². The van der Waals surface area contributed by atoms with Gasteiger partial charge in [-0.3, -0.25) is 4.90 Å². The number of β-amino-alcohol motifs (C(OH)–C–C–N with tert-alkyl or cyclic N) is 3. The molecule has 12 nitrogen and oxygen atoms in total. The average Bonchev–Trinajstić information content (AvgIpc) is 3.57. The fraction of sp³-hybridized carbons (Fsp3) is 0.652. The zero-order chi connectivity index (χ0) is 61.0. The summed E-state index contributed by atoms with van der Waals surface area (Å²) >= 11 is 0. The molecule has 4 aliphatic rings. The molecule has 4 unspecified atom stereocenters. The topological polar surface area (TPSA) is 137 Å². The predicted octanol–water partition coefficient (Wildman–Crippen LogP) is 13.7. The van der Waals surface area contributed by atoms with Gasteiger partial charge in [0.05, 0.1) is 19.3 Å². The molecule has 4 N–H and O–H groups in total. The van der Waals surface area contributed by atoms with E-state index in [9.17, 15) is 38.0 Å². The first-order valence-corrected chi connectivity index (χ1v) is 31.4. The molecule has 4 fully saturated rings. The molecule has 480 valence electrons. The Labute approximate surface area is 508 Å². The van der Waals surface area contributed by atoms with Crippen LogP contribution in [0.2, 0.25) is 0 Å². The van der Waals surface area contributed by atoms with Crippen molar-refractivity contribution in [3.63, 3.8) is 0 Å². The molecule has 0 radical (unpaired) electrons. The number of nitrogens with zero attached hydrogens (tertiary/aromatic N) is 3. The van der Waals surface area contributed by atoms with Crippen LogP contribution in [0.4, 0.5) is 17.6 Å². The molecule has 85 heavy (non-hydrogen) atoms. The molecule has 3 saturated heterocycles. The second-order valence-corrected chi connectivity index (χ2v) is 24.6. The number of aliphatic hydroxyl groups excluding tert-OH is 4. The first kappa shape index (κ1) is 73.0. The maximum atomic E-state index is 13.9. The minimum absolute atomic E-state index is 0. The third-order valence-corrected chi connectivity index (χ3v) is 16.0. The van der Waals surface area contributed by atoms with E-state index < -0.39 is 24.4 Å². The van der Waals surface area contributed by atoms with Crippen molar-refractivity contribution in [1.82, 2.24) is 14.7 Å². The minimum atomic E-state index is -0.632. The number of benzene rings is 4. The number of aliphatic hydroxyl groups is 4. The van der Waals surface area contributed by atoms with Crippen molar-refractivity contribution >= 4 is 0 Å². The van der Waals surface area contributed by atoms with Crippen LogP contribution in [0.5, 0.6) is 23.0 Å². The maximum absolute atomic E-state index is 13.9. The fourth-order valence-corrected chi connectivity index (χ4v) is 10.7. The van der Waals surface area contributed by atoms with Crippen LogP contribution in [0.3, 0.4) is 0 Å². The number of piperidine rings is 2. The van der Waals surface area contributed by atoms with Gasteiger partial charge in [0, 0.05) is 32.7 Å². The lowest BCUT2D eigenvalue weighted by molar-refractivity contribution is 0.00433. The monoisotopic (exact) mass is 1200 g/mol. The molecule has 4 atom stereocenters. The summed E-state index contributed by atoms with van der Waals surface area (Å²) in [4.78, 5) is 6.61. The normalized spacial score (nSPS) is 17.7. The smallest absolute Gasteiger partial charge is 0.165 e. The lowest BCUT2D eigenvalue weighted by atomic mass is 9.85. The van der Waals surface area contributed by atoms with Gasteiger partial charge in [0.2, 0.25) is 0 Å². The van der Waals surface area contributed by atoms with Gasteiger partial charge in [0.15, 0.2) is 46.3 Å². The van der Waals surface area contributed by atoms with Crippen LogP contribution in [0.25, 0.3) is 0 Å².